The normalized spacial score (nSPS) is 28.8. The molecule has 3 rings (SSSR count). The maximum absolute atomic E-state index is 12.4. The highest BCUT2D eigenvalue weighted by Gasteiger charge is 2.31. The first-order valence-corrected chi connectivity index (χ1v) is 9.08. The van der Waals surface area contributed by atoms with Crippen molar-refractivity contribution in [3.8, 4) is 0 Å². The maximum atomic E-state index is 12.4. The summed E-state index contributed by atoms with van der Waals surface area (Å²) in [5, 5.41) is 1.98. The molecule has 0 aromatic carbocycles. The first kappa shape index (κ1) is 15.0. The monoisotopic (exact) mass is 306 g/mol. The Labute approximate surface area is 131 Å². The lowest BCUT2D eigenvalue weighted by Crippen LogP contribution is -2.50. The van der Waals surface area contributed by atoms with E-state index in [4.69, 9.17) is 0 Å². The van der Waals surface area contributed by atoms with Crippen LogP contribution < -0.4 is 0 Å². The lowest BCUT2D eigenvalue weighted by Gasteiger charge is -2.43. The summed E-state index contributed by atoms with van der Waals surface area (Å²) in [7, 11) is 0. The zero-order valence-corrected chi connectivity index (χ0v) is 13.9. The van der Waals surface area contributed by atoms with Crippen LogP contribution in [0.3, 0.4) is 0 Å². The second kappa shape index (κ2) is 6.49. The largest absolute Gasteiger partial charge is 0.338 e. The van der Waals surface area contributed by atoms with Crippen molar-refractivity contribution in [1.82, 2.24) is 9.80 Å². The van der Waals surface area contributed by atoms with Gasteiger partial charge in [0.25, 0.3) is 5.91 Å². The lowest BCUT2D eigenvalue weighted by atomic mass is 9.89. The van der Waals surface area contributed by atoms with Crippen molar-refractivity contribution < 1.29 is 4.79 Å². The third kappa shape index (κ3) is 3.49. The quantitative estimate of drug-likeness (QED) is 0.837. The Morgan fingerprint density at radius 1 is 1.19 bits per heavy atom. The number of hydrogen-bond acceptors (Lipinski definition) is 3. The molecule has 1 aromatic heterocycles. The van der Waals surface area contributed by atoms with Crippen LogP contribution in [0.2, 0.25) is 0 Å². The van der Waals surface area contributed by atoms with E-state index in [2.05, 4.69) is 18.7 Å². The molecule has 116 valence electrons. The van der Waals surface area contributed by atoms with E-state index in [0.717, 1.165) is 42.6 Å². The van der Waals surface area contributed by atoms with Gasteiger partial charge in [-0.25, -0.2) is 0 Å². The van der Waals surface area contributed by atoms with Crippen LogP contribution in [0.1, 0.15) is 42.8 Å². The molecule has 0 bridgehead atoms. The fourth-order valence-electron chi connectivity index (χ4n) is 4.00. The van der Waals surface area contributed by atoms with Crippen LogP contribution in [-0.2, 0) is 0 Å². The van der Waals surface area contributed by atoms with Gasteiger partial charge < -0.3 is 4.90 Å². The predicted octanol–water partition coefficient (Wildman–Crippen LogP) is 3.33. The molecule has 0 aliphatic carbocycles. The van der Waals surface area contributed by atoms with Gasteiger partial charge in [0, 0.05) is 32.2 Å². The van der Waals surface area contributed by atoms with E-state index in [0.29, 0.717) is 6.04 Å². The van der Waals surface area contributed by atoms with Gasteiger partial charge in [-0.1, -0.05) is 19.9 Å². The molecule has 0 spiro atoms. The Morgan fingerprint density at radius 2 is 1.86 bits per heavy atom. The SMILES string of the molecule is C[C@H]1C[C@H](C)CN(C2CCN(C(=O)c3cccs3)CC2)C1. The summed E-state index contributed by atoms with van der Waals surface area (Å²) in [5.41, 5.74) is 0. The van der Waals surface area contributed by atoms with Crippen molar-refractivity contribution in [2.75, 3.05) is 26.2 Å². The average Bonchev–Trinajstić information content (AvgIpc) is 3.00. The number of likely N-dealkylation sites (tertiary alicyclic amines) is 2. The van der Waals surface area contributed by atoms with E-state index in [1.807, 2.05) is 22.4 Å². The molecule has 3 nitrogen and oxygen atoms in total. The molecule has 0 N–H and O–H groups in total. The first-order valence-electron chi connectivity index (χ1n) is 8.20. The second-order valence-electron chi connectivity index (χ2n) is 6.90. The summed E-state index contributed by atoms with van der Waals surface area (Å²) < 4.78 is 0. The van der Waals surface area contributed by atoms with Gasteiger partial charge >= 0.3 is 0 Å². The standard InChI is InChI=1S/C17H26N2OS/c1-13-10-14(2)12-19(11-13)15-5-7-18(8-6-15)17(20)16-4-3-9-21-16/h3-4,9,13-15H,5-8,10-12H2,1-2H3/t13-,14-/m0/s1. The highest BCUT2D eigenvalue weighted by Crippen LogP contribution is 2.27. The molecule has 2 aliphatic rings. The van der Waals surface area contributed by atoms with Gasteiger partial charge in [0.05, 0.1) is 4.88 Å². The lowest BCUT2D eigenvalue weighted by molar-refractivity contribution is 0.0453. The van der Waals surface area contributed by atoms with Gasteiger partial charge in [0.2, 0.25) is 0 Å². The minimum Gasteiger partial charge on any atom is -0.338 e. The molecule has 0 saturated carbocycles. The van der Waals surface area contributed by atoms with Gasteiger partial charge in [0.1, 0.15) is 0 Å². The van der Waals surface area contributed by atoms with Crippen LogP contribution in [0.25, 0.3) is 0 Å². The molecule has 0 radical (unpaired) electrons. The summed E-state index contributed by atoms with van der Waals surface area (Å²) in [6, 6.07) is 4.58. The molecule has 4 heteroatoms. The van der Waals surface area contributed by atoms with Crippen LogP contribution in [0.5, 0.6) is 0 Å². The summed E-state index contributed by atoms with van der Waals surface area (Å²) in [4.78, 5) is 18.0. The van der Waals surface area contributed by atoms with E-state index in [9.17, 15) is 4.79 Å². The number of nitrogens with zero attached hydrogens (tertiary/aromatic N) is 2. The Morgan fingerprint density at radius 3 is 2.43 bits per heavy atom. The molecule has 0 unspecified atom stereocenters. The van der Waals surface area contributed by atoms with Crippen molar-refractivity contribution in [3.63, 3.8) is 0 Å². The molecule has 3 heterocycles. The highest BCUT2D eigenvalue weighted by molar-refractivity contribution is 7.12. The number of carbonyl (C=O) groups is 1. The van der Waals surface area contributed by atoms with E-state index in [-0.39, 0.29) is 5.91 Å². The molecule has 2 atom stereocenters. The minimum atomic E-state index is 0.226. The maximum Gasteiger partial charge on any atom is 0.263 e. The molecular formula is C17H26N2OS. The van der Waals surface area contributed by atoms with Crippen molar-refractivity contribution in [2.45, 2.75) is 39.2 Å². The van der Waals surface area contributed by atoms with Crippen molar-refractivity contribution in [2.24, 2.45) is 11.8 Å². The number of carbonyl (C=O) groups excluding carboxylic acids is 1. The van der Waals surface area contributed by atoms with Crippen LogP contribution in [0.4, 0.5) is 0 Å². The van der Waals surface area contributed by atoms with E-state index in [1.54, 1.807) is 11.3 Å². The molecule has 21 heavy (non-hydrogen) atoms. The molecule has 2 fully saturated rings. The summed E-state index contributed by atoms with van der Waals surface area (Å²) in [6.45, 7) is 9.07. The predicted molar refractivity (Wildman–Crippen MR) is 87.8 cm³/mol. The van der Waals surface area contributed by atoms with Crippen LogP contribution >= 0.6 is 11.3 Å². The van der Waals surface area contributed by atoms with Gasteiger partial charge in [-0.3, -0.25) is 9.69 Å². The number of thiophene rings is 1. The Kier molecular flexibility index (Phi) is 4.65. The molecule has 2 aliphatic heterocycles. The van der Waals surface area contributed by atoms with Gasteiger partial charge in [-0.15, -0.1) is 11.3 Å². The van der Waals surface area contributed by atoms with Crippen molar-refractivity contribution in [3.05, 3.63) is 22.4 Å². The fraction of sp³-hybridized carbons (Fsp3) is 0.706. The molecule has 2 saturated heterocycles. The summed E-state index contributed by atoms with van der Waals surface area (Å²) in [6.07, 6.45) is 3.64. The Hall–Kier alpha value is -0.870. The van der Waals surface area contributed by atoms with Crippen LogP contribution in [-0.4, -0.2) is 47.9 Å². The number of rotatable bonds is 2. The summed E-state index contributed by atoms with van der Waals surface area (Å²) in [5.74, 6) is 1.86. The van der Waals surface area contributed by atoms with Gasteiger partial charge in [0.15, 0.2) is 0 Å². The smallest absolute Gasteiger partial charge is 0.263 e. The summed E-state index contributed by atoms with van der Waals surface area (Å²) >= 11 is 1.55. The van der Waals surface area contributed by atoms with Gasteiger partial charge in [-0.2, -0.15) is 0 Å². The third-order valence-electron chi connectivity index (χ3n) is 4.90. The Balaban J connectivity index is 1.54. The zero-order valence-electron chi connectivity index (χ0n) is 13.1. The highest BCUT2D eigenvalue weighted by atomic mass is 32.1. The number of piperidine rings is 2. The van der Waals surface area contributed by atoms with Crippen molar-refractivity contribution >= 4 is 17.2 Å². The van der Waals surface area contributed by atoms with Crippen LogP contribution in [0.15, 0.2) is 17.5 Å². The average molecular weight is 306 g/mol. The minimum absolute atomic E-state index is 0.226. The second-order valence-corrected chi connectivity index (χ2v) is 7.85. The molecule has 1 aromatic rings. The van der Waals surface area contributed by atoms with Gasteiger partial charge in [-0.05, 0) is 42.5 Å². The third-order valence-corrected chi connectivity index (χ3v) is 5.76. The zero-order chi connectivity index (χ0) is 14.8. The number of amides is 1. The first-order chi connectivity index (χ1) is 10.1. The van der Waals surface area contributed by atoms with E-state index >= 15 is 0 Å². The van der Waals surface area contributed by atoms with E-state index in [1.165, 1.54) is 19.5 Å². The number of hydrogen-bond donors (Lipinski definition) is 0. The van der Waals surface area contributed by atoms with Crippen molar-refractivity contribution in [1.29, 1.82) is 0 Å². The topological polar surface area (TPSA) is 23.6 Å². The molecular weight excluding hydrogens is 280 g/mol. The fourth-order valence-corrected chi connectivity index (χ4v) is 4.69. The molecule has 1 amide bonds. The Bertz CT molecular complexity index is 455. The van der Waals surface area contributed by atoms with Crippen LogP contribution in [0, 0.1) is 11.8 Å². The van der Waals surface area contributed by atoms with E-state index < -0.39 is 0 Å².